The number of nitrogens with two attached hydrogens (primary N) is 1. The van der Waals surface area contributed by atoms with Crippen molar-refractivity contribution in [1.29, 1.82) is 5.26 Å². The maximum atomic E-state index is 12.1. The van der Waals surface area contributed by atoms with E-state index in [-0.39, 0.29) is 11.8 Å². The van der Waals surface area contributed by atoms with Gasteiger partial charge in [0.2, 0.25) is 6.19 Å². The van der Waals surface area contributed by atoms with E-state index in [0.29, 0.717) is 31.0 Å². The predicted octanol–water partition coefficient (Wildman–Crippen LogP) is 2.00. The second-order valence-electron chi connectivity index (χ2n) is 4.82. The summed E-state index contributed by atoms with van der Waals surface area (Å²) in [6, 6.07) is 1.47. The molecular weight excluding hydrogens is 339 g/mol. The zero-order valence-corrected chi connectivity index (χ0v) is 13.5. The summed E-state index contributed by atoms with van der Waals surface area (Å²) in [6.07, 6.45) is 1.20. The lowest BCUT2D eigenvalue weighted by Crippen LogP contribution is -2.26. The molecule has 0 aliphatic rings. The van der Waals surface area contributed by atoms with Crippen LogP contribution in [0, 0.1) is 11.5 Å². The zero-order chi connectivity index (χ0) is 18.7. The van der Waals surface area contributed by atoms with Crippen LogP contribution < -0.4 is 11.1 Å². The second-order valence-corrected chi connectivity index (χ2v) is 4.82. The number of hydrogen-bond donors (Lipinski definition) is 2. The van der Waals surface area contributed by atoms with Crippen LogP contribution in [0.1, 0.15) is 25.1 Å². The topological polar surface area (TPSA) is 122 Å². The van der Waals surface area contributed by atoms with Crippen molar-refractivity contribution in [2.24, 2.45) is 15.7 Å². The number of nitrogens with zero attached hydrogens (tertiary/aromatic N) is 5. The number of methoxy groups -OCH3 is 1. The Bertz CT molecular complexity index is 653. The van der Waals surface area contributed by atoms with Gasteiger partial charge in [0, 0.05) is 19.0 Å². The molecule has 0 saturated heterocycles. The Kier molecular flexibility index (Phi) is 8.11. The molecule has 1 aromatic heterocycles. The molecule has 0 bridgehead atoms. The lowest BCUT2D eigenvalue weighted by atomic mass is 10.2. The van der Waals surface area contributed by atoms with Gasteiger partial charge < -0.3 is 15.8 Å². The standard InChI is InChI=1S/C14H18F3N7O/c1-25-12(22-9-18)5-3-2-4-10-20-7-6-11(23-10)24-13(19)21-8-14(15,16)17/h6-7H,2-5,8H2,1H3,(H3,19,20,21,23,24). The summed E-state index contributed by atoms with van der Waals surface area (Å²) in [5.41, 5.74) is 5.39. The fourth-order valence-corrected chi connectivity index (χ4v) is 1.75. The monoisotopic (exact) mass is 357 g/mol. The molecular formula is C14H18F3N7O. The summed E-state index contributed by atoms with van der Waals surface area (Å²) in [5, 5.41) is 11.0. The fourth-order valence-electron chi connectivity index (χ4n) is 1.75. The fraction of sp³-hybridized carbons (Fsp3) is 0.500. The van der Waals surface area contributed by atoms with Gasteiger partial charge in [-0.15, -0.1) is 4.99 Å². The van der Waals surface area contributed by atoms with E-state index in [9.17, 15) is 13.2 Å². The van der Waals surface area contributed by atoms with Crippen molar-refractivity contribution in [2.75, 3.05) is 19.0 Å². The number of aryl methyl sites for hydroxylation is 1. The van der Waals surface area contributed by atoms with Crippen LogP contribution >= 0.6 is 0 Å². The van der Waals surface area contributed by atoms with Gasteiger partial charge in [-0.2, -0.15) is 18.4 Å². The molecule has 3 N–H and O–H groups in total. The van der Waals surface area contributed by atoms with E-state index < -0.39 is 12.7 Å². The minimum absolute atomic E-state index is 0.261. The van der Waals surface area contributed by atoms with Crippen molar-refractivity contribution >= 4 is 17.7 Å². The van der Waals surface area contributed by atoms with Gasteiger partial charge in [0.05, 0.1) is 7.11 Å². The molecule has 0 atom stereocenters. The first-order chi connectivity index (χ1) is 11.8. The first-order valence-corrected chi connectivity index (χ1v) is 7.29. The van der Waals surface area contributed by atoms with Crippen molar-refractivity contribution in [3.63, 3.8) is 0 Å². The highest BCUT2D eigenvalue weighted by Gasteiger charge is 2.26. The number of aliphatic imine (C=N–C) groups is 2. The van der Waals surface area contributed by atoms with Crippen molar-refractivity contribution in [3.05, 3.63) is 18.1 Å². The smallest absolute Gasteiger partial charge is 0.408 e. The third kappa shape index (κ3) is 9.09. The third-order valence-corrected chi connectivity index (χ3v) is 2.84. The van der Waals surface area contributed by atoms with Crippen LogP contribution in [0.2, 0.25) is 0 Å². The van der Waals surface area contributed by atoms with Gasteiger partial charge in [-0.1, -0.05) is 0 Å². The van der Waals surface area contributed by atoms with Gasteiger partial charge in [-0.3, -0.25) is 0 Å². The van der Waals surface area contributed by atoms with Crippen LogP contribution in [0.25, 0.3) is 0 Å². The third-order valence-electron chi connectivity index (χ3n) is 2.84. The maximum Gasteiger partial charge on any atom is 0.408 e. The van der Waals surface area contributed by atoms with Crippen molar-refractivity contribution < 1.29 is 17.9 Å². The summed E-state index contributed by atoms with van der Waals surface area (Å²) in [5.74, 6) is 0.744. The predicted molar refractivity (Wildman–Crippen MR) is 85.8 cm³/mol. The van der Waals surface area contributed by atoms with Gasteiger partial charge in [0.15, 0.2) is 11.9 Å². The Morgan fingerprint density at radius 3 is 2.84 bits per heavy atom. The molecule has 0 saturated carbocycles. The number of nitrogens with one attached hydrogen (secondary N) is 1. The Morgan fingerprint density at radius 1 is 1.44 bits per heavy atom. The number of aromatic nitrogens is 2. The number of halogens is 3. The number of anilines is 1. The van der Waals surface area contributed by atoms with Gasteiger partial charge in [-0.05, 0) is 18.9 Å². The maximum absolute atomic E-state index is 12.1. The molecule has 136 valence electrons. The molecule has 1 aromatic rings. The number of rotatable bonds is 7. The highest BCUT2D eigenvalue weighted by Crippen LogP contribution is 2.14. The molecule has 0 aromatic carbocycles. The minimum Gasteiger partial charge on any atom is -0.484 e. The normalized spacial score (nSPS) is 12.6. The van der Waals surface area contributed by atoms with Crippen LogP contribution in [-0.2, 0) is 11.2 Å². The largest absolute Gasteiger partial charge is 0.484 e. The van der Waals surface area contributed by atoms with Gasteiger partial charge in [-0.25, -0.2) is 15.0 Å². The molecule has 0 aliphatic carbocycles. The molecule has 11 heteroatoms. The summed E-state index contributed by atoms with van der Waals surface area (Å²) in [4.78, 5) is 14.9. The molecule has 0 amide bonds. The molecule has 0 aliphatic heterocycles. The Hall–Kier alpha value is -2.90. The average Bonchev–Trinajstić information content (AvgIpc) is 2.55. The Labute approximate surface area is 142 Å². The quantitative estimate of drug-likeness (QED) is 0.333. The zero-order valence-electron chi connectivity index (χ0n) is 13.5. The van der Waals surface area contributed by atoms with E-state index in [1.54, 1.807) is 6.19 Å². The van der Waals surface area contributed by atoms with Crippen LogP contribution in [0.15, 0.2) is 22.2 Å². The average molecular weight is 357 g/mol. The van der Waals surface area contributed by atoms with E-state index in [0.717, 1.165) is 6.42 Å². The SMILES string of the molecule is COC(CCCCc1nccc(NC(N)=NCC(F)(F)F)n1)=NC#N. The number of ether oxygens (including phenoxy) is 1. The number of unbranched alkanes of at least 4 members (excludes halogenated alkanes) is 1. The number of hydrogen-bond acceptors (Lipinski definition) is 6. The molecule has 1 rings (SSSR count). The summed E-state index contributed by atoms with van der Waals surface area (Å²) >= 11 is 0. The molecule has 25 heavy (non-hydrogen) atoms. The Morgan fingerprint density at radius 2 is 2.20 bits per heavy atom. The number of guanidine groups is 1. The highest BCUT2D eigenvalue weighted by atomic mass is 19.4. The van der Waals surface area contributed by atoms with Crippen LogP contribution in [0.4, 0.5) is 19.0 Å². The summed E-state index contributed by atoms with van der Waals surface area (Å²) in [7, 11) is 1.44. The lowest BCUT2D eigenvalue weighted by molar-refractivity contribution is -0.118. The van der Waals surface area contributed by atoms with E-state index >= 15 is 0 Å². The molecule has 1 heterocycles. The van der Waals surface area contributed by atoms with Crippen molar-refractivity contribution in [3.8, 4) is 6.19 Å². The van der Waals surface area contributed by atoms with E-state index in [1.807, 2.05) is 0 Å². The summed E-state index contributed by atoms with van der Waals surface area (Å²) < 4.78 is 41.1. The Balaban J connectivity index is 2.50. The van der Waals surface area contributed by atoms with E-state index in [1.165, 1.54) is 19.4 Å². The first-order valence-electron chi connectivity index (χ1n) is 7.29. The molecule has 0 fully saturated rings. The number of nitriles is 1. The van der Waals surface area contributed by atoms with Crippen LogP contribution in [-0.4, -0.2) is 41.7 Å². The van der Waals surface area contributed by atoms with E-state index in [2.05, 4.69) is 25.3 Å². The molecule has 8 nitrogen and oxygen atoms in total. The first kappa shape index (κ1) is 20.1. The molecule has 0 spiro atoms. The second kappa shape index (κ2) is 10.1. The lowest BCUT2D eigenvalue weighted by Gasteiger charge is -2.07. The highest BCUT2D eigenvalue weighted by molar-refractivity contribution is 5.91. The van der Waals surface area contributed by atoms with Crippen LogP contribution in [0.5, 0.6) is 0 Å². The summed E-state index contributed by atoms with van der Waals surface area (Å²) in [6.45, 7) is -1.37. The van der Waals surface area contributed by atoms with Crippen LogP contribution in [0.3, 0.4) is 0 Å². The van der Waals surface area contributed by atoms with E-state index in [4.69, 9.17) is 15.7 Å². The van der Waals surface area contributed by atoms with Gasteiger partial charge >= 0.3 is 6.18 Å². The minimum atomic E-state index is -4.42. The van der Waals surface area contributed by atoms with Gasteiger partial charge in [0.25, 0.3) is 0 Å². The van der Waals surface area contributed by atoms with Gasteiger partial charge in [0.1, 0.15) is 18.2 Å². The molecule has 0 unspecified atom stereocenters. The molecule has 0 radical (unpaired) electrons. The number of alkyl halides is 3. The van der Waals surface area contributed by atoms with Crippen molar-refractivity contribution in [1.82, 2.24) is 9.97 Å². The van der Waals surface area contributed by atoms with Crippen molar-refractivity contribution in [2.45, 2.75) is 31.9 Å².